The number of fused-ring (bicyclic) bond motifs is 1. The third kappa shape index (κ3) is 3.70. The van der Waals surface area contributed by atoms with Crippen molar-refractivity contribution in [2.45, 2.75) is 17.9 Å². The van der Waals surface area contributed by atoms with E-state index in [4.69, 9.17) is 17.0 Å². The average molecular weight is 403 g/mol. The molecule has 134 valence electrons. The molecule has 2 aliphatic rings. The number of anilines is 2. The molecule has 0 radical (unpaired) electrons. The standard InChI is InChI=1S/C19H18N2O2S3/c22-18(23-11-13-6-2-1-3-7-13)21-15-9-5-4-8-14(15)20-10-16(21)17-12-25-19(24)26-17/h1-9,16-17,20H,10-12H2. The van der Waals surface area contributed by atoms with E-state index in [1.165, 1.54) is 0 Å². The predicted octanol–water partition coefficient (Wildman–Crippen LogP) is 4.76. The minimum absolute atomic E-state index is 0.00567. The lowest BCUT2D eigenvalue weighted by Crippen LogP contribution is -2.53. The van der Waals surface area contributed by atoms with Crippen LogP contribution in [-0.4, -0.2) is 33.2 Å². The molecule has 2 unspecified atom stereocenters. The first kappa shape index (κ1) is 17.7. The molecule has 1 fully saturated rings. The number of hydrogen-bond donors (Lipinski definition) is 1. The normalized spacial score (nSPS) is 21.8. The van der Waals surface area contributed by atoms with Crippen LogP contribution < -0.4 is 10.2 Å². The van der Waals surface area contributed by atoms with Gasteiger partial charge in [-0.15, -0.1) is 23.5 Å². The Labute approximate surface area is 166 Å². The van der Waals surface area contributed by atoms with Gasteiger partial charge in [0.2, 0.25) is 0 Å². The fourth-order valence-corrected chi connectivity index (χ4v) is 6.21. The predicted molar refractivity (Wildman–Crippen MR) is 114 cm³/mol. The van der Waals surface area contributed by atoms with Crippen molar-refractivity contribution < 1.29 is 9.53 Å². The van der Waals surface area contributed by atoms with Crippen LogP contribution in [0, 0.1) is 0 Å². The van der Waals surface area contributed by atoms with Gasteiger partial charge in [-0.2, -0.15) is 0 Å². The van der Waals surface area contributed by atoms with Crippen molar-refractivity contribution in [3.8, 4) is 0 Å². The van der Waals surface area contributed by atoms with Gasteiger partial charge in [0.1, 0.15) is 10.1 Å². The van der Waals surface area contributed by atoms with E-state index >= 15 is 0 Å². The summed E-state index contributed by atoms with van der Waals surface area (Å²) in [6.45, 7) is 0.960. The first-order chi connectivity index (χ1) is 12.7. The van der Waals surface area contributed by atoms with E-state index in [2.05, 4.69) is 5.32 Å². The number of nitrogens with one attached hydrogen (secondary N) is 1. The maximum absolute atomic E-state index is 13.0. The molecule has 1 amide bonds. The van der Waals surface area contributed by atoms with Gasteiger partial charge < -0.3 is 10.1 Å². The first-order valence-corrected chi connectivity index (χ1v) is 10.7. The molecule has 2 aliphatic heterocycles. The number of hydrogen-bond acceptors (Lipinski definition) is 6. The van der Waals surface area contributed by atoms with E-state index in [1.807, 2.05) is 54.6 Å². The van der Waals surface area contributed by atoms with Crippen molar-refractivity contribution in [3.05, 3.63) is 60.2 Å². The lowest BCUT2D eigenvalue weighted by Gasteiger charge is -2.39. The van der Waals surface area contributed by atoms with E-state index in [0.717, 1.165) is 26.2 Å². The number of nitrogens with zero attached hydrogens (tertiary/aromatic N) is 1. The summed E-state index contributed by atoms with van der Waals surface area (Å²) < 4.78 is 6.60. The molecule has 1 N–H and O–H groups in total. The third-order valence-corrected chi connectivity index (χ3v) is 7.67. The second kappa shape index (κ2) is 7.90. The van der Waals surface area contributed by atoms with Crippen molar-refractivity contribution in [2.75, 3.05) is 22.5 Å². The molecule has 1 saturated heterocycles. The fourth-order valence-electron chi connectivity index (χ4n) is 3.17. The molecule has 0 bridgehead atoms. The van der Waals surface area contributed by atoms with Crippen LogP contribution in [0.4, 0.5) is 16.2 Å². The summed E-state index contributed by atoms with van der Waals surface area (Å²) in [6.07, 6.45) is -0.309. The molecule has 0 aromatic heterocycles. The summed E-state index contributed by atoms with van der Waals surface area (Å²) >= 11 is 8.71. The second-order valence-electron chi connectivity index (χ2n) is 6.09. The van der Waals surface area contributed by atoms with Crippen LogP contribution in [0.3, 0.4) is 0 Å². The molecular formula is C19H18N2O2S3. The molecular weight excluding hydrogens is 384 g/mol. The van der Waals surface area contributed by atoms with Crippen molar-refractivity contribution >= 4 is 56.7 Å². The molecule has 0 aliphatic carbocycles. The van der Waals surface area contributed by atoms with Crippen LogP contribution >= 0.6 is 35.7 Å². The van der Waals surface area contributed by atoms with E-state index in [0.29, 0.717) is 6.54 Å². The van der Waals surface area contributed by atoms with Crippen LogP contribution in [0.1, 0.15) is 5.56 Å². The van der Waals surface area contributed by atoms with Gasteiger partial charge >= 0.3 is 6.09 Å². The van der Waals surface area contributed by atoms with E-state index in [9.17, 15) is 4.79 Å². The summed E-state index contributed by atoms with van der Waals surface area (Å²) in [7, 11) is 0. The van der Waals surface area contributed by atoms with Gasteiger partial charge in [-0.3, -0.25) is 4.90 Å². The molecule has 2 aromatic rings. The molecule has 4 nitrogen and oxygen atoms in total. The highest BCUT2D eigenvalue weighted by molar-refractivity contribution is 8.49. The Kier molecular flexibility index (Phi) is 5.38. The van der Waals surface area contributed by atoms with Crippen molar-refractivity contribution in [1.29, 1.82) is 0 Å². The van der Waals surface area contributed by atoms with Gasteiger partial charge in [0, 0.05) is 17.5 Å². The molecule has 2 aromatic carbocycles. The molecule has 4 rings (SSSR count). The van der Waals surface area contributed by atoms with Crippen LogP contribution in [0.5, 0.6) is 0 Å². The Hall–Kier alpha value is -1.70. The van der Waals surface area contributed by atoms with Crippen LogP contribution in [0.25, 0.3) is 0 Å². The number of ether oxygens (including phenoxy) is 1. The van der Waals surface area contributed by atoms with Crippen LogP contribution in [0.15, 0.2) is 54.6 Å². The zero-order valence-corrected chi connectivity index (χ0v) is 16.4. The maximum atomic E-state index is 13.0. The smallest absolute Gasteiger partial charge is 0.415 e. The van der Waals surface area contributed by atoms with Gasteiger partial charge in [0.05, 0.1) is 17.4 Å². The Morgan fingerprint density at radius 2 is 1.96 bits per heavy atom. The number of para-hydroxylation sites is 2. The quantitative estimate of drug-likeness (QED) is 0.747. The third-order valence-electron chi connectivity index (χ3n) is 4.44. The molecule has 2 atom stereocenters. The number of carbonyl (C=O) groups is 1. The number of benzene rings is 2. The maximum Gasteiger partial charge on any atom is 0.415 e. The first-order valence-electron chi connectivity index (χ1n) is 8.38. The van der Waals surface area contributed by atoms with E-state index in [1.54, 1.807) is 28.4 Å². The number of thiocarbonyl (C=S) groups is 1. The topological polar surface area (TPSA) is 41.6 Å². The van der Waals surface area contributed by atoms with Gasteiger partial charge in [0.25, 0.3) is 0 Å². The molecule has 0 saturated carbocycles. The summed E-state index contributed by atoms with van der Waals surface area (Å²) in [4.78, 5) is 14.8. The zero-order chi connectivity index (χ0) is 17.9. The van der Waals surface area contributed by atoms with Gasteiger partial charge in [-0.25, -0.2) is 4.79 Å². The molecule has 0 spiro atoms. The second-order valence-corrected chi connectivity index (χ2v) is 9.56. The molecule has 7 heteroatoms. The minimum Gasteiger partial charge on any atom is -0.444 e. The van der Waals surface area contributed by atoms with Crippen molar-refractivity contribution in [1.82, 2.24) is 0 Å². The lowest BCUT2D eigenvalue weighted by atomic mass is 10.1. The lowest BCUT2D eigenvalue weighted by molar-refractivity contribution is 0.144. The summed E-state index contributed by atoms with van der Waals surface area (Å²) in [5.41, 5.74) is 2.80. The largest absolute Gasteiger partial charge is 0.444 e. The highest BCUT2D eigenvalue weighted by atomic mass is 32.2. The van der Waals surface area contributed by atoms with Gasteiger partial charge in [-0.1, -0.05) is 54.7 Å². The zero-order valence-electron chi connectivity index (χ0n) is 14.0. The number of thioether (sulfide) groups is 2. The summed E-state index contributed by atoms with van der Waals surface area (Å²) in [6, 6.07) is 17.6. The Balaban J connectivity index is 1.57. The molecule has 2 heterocycles. The minimum atomic E-state index is -0.309. The fraction of sp³-hybridized carbons (Fsp3) is 0.263. The number of amides is 1. The Morgan fingerprint density at radius 1 is 1.19 bits per heavy atom. The van der Waals surface area contributed by atoms with Crippen LogP contribution in [0.2, 0.25) is 0 Å². The summed E-state index contributed by atoms with van der Waals surface area (Å²) in [5.74, 6) is 0.917. The highest BCUT2D eigenvalue weighted by Gasteiger charge is 2.40. The SMILES string of the molecule is O=C(OCc1ccccc1)N1c2ccccc2NCC1C1CSC(=S)S1. The van der Waals surface area contributed by atoms with Crippen LogP contribution in [-0.2, 0) is 11.3 Å². The van der Waals surface area contributed by atoms with E-state index < -0.39 is 0 Å². The Bertz CT molecular complexity index is 815. The average Bonchev–Trinajstić information content (AvgIpc) is 3.12. The van der Waals surface area contributed by atoms with Crippen molar-refractivity contribution in [2.24, 2.45) is 0 Å². The van der Waals surface area contributed by atoms with E-state index in [-0.39, 0.29) is 24.0 Å². The Morgan fingerprint density at radius 3 is 2.73 bits per heavy atom. The van der Waals surface area contributed by atoms with Crippen molar-refractivity contribution in [3.63, 3.8) is 0 Å². The molecule has 26 heavy (non-hydrogen) atoms. The monoisotopic (exact) mass is 402 g/mol. The number of rotatable bonds is 3. The van der Waals surface area contributed by atoms with Gasteiger partial charge in [0.15, 0.2) is 0 Å². The number of carbonyl (C=O) groups excluding carboxylic acids is 1. The highest BCUT2D eigenvalue weighted by Crippen LogP contribution is 2.41. The van der Waals surface area contributed by atoms with Gasteiger partial charge in [-0.05, 0) is 17.7 Å². The summed E-state index contributed by atoms with van der Waals surface area (Å²) in [5, 5.41) is 3.71.